The topological polar surface area (TPSA) is 17.8 Å². The smallest absolute Gasteiger partial charge is 0.159 e. The maximum atomic E-state index is 13.0. The van der Waals surface area contributed by atoms with E-state index in [1.165, 1.54) is 6.07 Å². The van der Waals surface area contributed by atoms with Crippen LogP contribution in [0.25, 0.3) is 0 Å². The monoisotopic (exact) mass is 222 g/mol. The molecule has 0 N–H and O–H groups in total. The van der Waals surface area contributed by atoms with E-state index in [-0.39, 0.29) is 0 Å². The second-order valence-electron chi connectivity index (χ2n) is 3.57. The van der Waals surface area contributed by atoms with Crippen LogP contribution in [-0.2, 0) is 13.0 Å². The Labute approximate surface area is 92.6 Å². The van der Waals surface area contributed by atoms with E-state index in [0.717, 1.165) is 23.9 Å². The first-order valence-corrected chi connectivity index (χ1v) is 5.14. The molecule has 1 aromatic heterocycles. The van der Waals surface area contributed by atoms with E-state index < -0.39 is 11.6 Å². The number of halogens is 2. The number of rotatable bonds is 3. The Morgan fingerprint density at radius 3 is 2.75 bits per heavy atom. The molecule has 0 amide bonds. The summed E-state index contributed by atoms with van der Waals surface area (Å²) in [5.74, 6) is -0.689. The van der Waals surface area contributed by atoms with Crippen LogP contribution in [0.4, 0.5) is 8.78 Å². The van der Waals surface area contributed by atoms with Crippen molar-refractivity contribution in [3.63, 3.8) is 0 Å². The Bertz CT molecular complexity index is 492. The van der Waals surface area contributed by atoms with Crippen molar-refractivity contribution in [3.05, 3.63) is 53.6 Å². The van der Waals surface area contributed by atoms with Crippen molar-refractivity contribution in [2.45, 2.75) is 19.9 Å². The molecule has 2 aromatic rings. The summed E-state index contributed by atoms with van der Waals surface area (Å²) in [6.07, 6.45) is 4.36. The third kappa shape index (κ3) is 2.10. The molecule has 2 rings (SSSR count). The van der Waals surface area contributed by atoms with Crippen LogP contribution < -0.4 is 0 Å². The maximum absolute atomic E-state index is 13.0. The van der Waals surface area contributed by atoms with Gasteiger partial charge in [0.25, 0.3) is 0 Å². The van der Waals surface area contributed by atoms with E-state index in [1.807, 2.05) is 17.7 Å². The molecule has 0 aliphatic heterocycles. The van der Waals surface area contributed by atoms with E-state index in [4.69, 9.17) is 0 Å². The van der Waals surface area contributed by atoms with Crippen molar-refractivity contribution < 1.29 is 8.78 Å². The Morgan fingerprint density at radius 2 is 2.06 bits per heavy atom. The lowest BCUT2D eigenvalue weighted by molar-refractivity contribution is 0.506. The van der Waals surface area contributed by atoms with E-state index >= 15 is 0 Å². The van der Waals surface area contributed by atoms with Gasteiger partial charge in [-0.25, -0.2) is 13.8 Å². The van der Waals surface area contributed by atoms with Crippen LogP contribution in [0, 0.1) is 11.6 Å². The molecule has 0 aliphatic carbocycles. The number of imidazole rings is 1. The summed E-state index contributed by atoms with van der Waals surface area (Å²) in [6, 6.07) is 3.94. The van der Waals surface area contributed by atoms with Crippen LogP contribution in [0.3, 0.4) is 0 Å². The molecule has 84 valence electrons. The van der Waals surface area contributed by atoms with Gasteiger partial charge in [0, 0.05) is 25.4 Å². The zero-order valence-corrected chi connectivity index (χ0v) is 8.95. The molecule has 0 saturated carbocycles. The van der Waals surface area contributed by atoms with Crippen molar-refractivity contribution in [3.8, 4) is 0 Å². The third-order valence-corrected chi connectivity index (χ3v) is 2.45. The zero-order chi connectivity index (χ0) is 11.5. The first-order valence-electron chi connectivity index (χ1n) is 5.14. The van der Waals surface area contributed by atoms with Crippen molar-refractivity contribution >= 4 is 0 Å². The molecule has 16 heavy (non-hydrogen) atoms. The Balaban J connectivity index is 2.24. The van der Waals surface area contributed by atoms with E-state index in [2.05, 4.69) is 4.98 Å². The van der Waals surface area contributed by atoms with Crippen LogP contribution in [0.2, 0.25) is 0 Å². The minimum atomic E-state index is -0.815. The number of aromatic nitrogens is 2. The zero-order valence-electron chi connectivity index (χ0n) is 8.95. The van der Waals surface area contributed by atoms with Gasteiger partial charge in [0.1, 0.15) is 5.82 Å². The van der Waals surface area contributed by atoms with E-state index in [0.29, 0.717) is 6.54 Å². The van der Waals surface area contributed by atoms with Crippen LogP contribution in [0.5, 0.6) is 0 Å². The van der Waals surface area contributed by atoms with Gasteiger partial charge in [-0.1, -0.05) is 13.0 Å². The normalized spacial score (nSPS) is 10.7. The second-order valence-corrected chi connectivity index (χ2v) is 3.57. The Kier molecular flexibility index (Phi) is 2.99. The summed E-state index contributed by atoms with van der Waals surface area (Å²) < 4.78 is 27.6. The SMILES string of the molecule is CCc1nccn1Cc1ccc(F)c(F)c1. The van der Waals surface area contributed by atoms with Crippen molar-refractivity contribution in [1.29, 1.82) is 0 Å². The highest BCUT2D eigenvalue weighted by atomic mass is 19.2. The molecule has 4 heteroatoms. The van der Waals surface area contributed by atoms with Gasteiger partial charge in [-0.2, -0.15) is 0 Å². The molecule has 0 aliphatic rings. The fourth-order valence-corrected chi connectivity index (χ4v) is 1.63. The maximum Gasteiger partial charge on any atom is 0.159 e. The number of hydrogen-bond acceptors (Lipinski definition) is 1. The number of aryl methyl sites for hydroxylation is 1. The largest absolute Gasteiger partial charge is 0.331 e. The van der Waals surface area contributed by atoms with Gasteiger partial charge in [0.05, 0.1) is 0 Å². The average Bonchev–Trinajstić information content (AvgIpc) is 2.71. The molecule has 0 unspecified atom stereocenters. The molecule has 0 bridgehead atoms. The molecular formula is C12H12F2N2. The lowest BCUT2D eigenvalue weighted by atomic mass is 10.2. The van der Waals surface area contributed by atoms with Gasteiger partial charge in [0.2, 0.25) is 0 Å². The quantitative estimate of drug-likeness (QED) is 0.780. The van der Waals surface area contributed by atoms with Crippen LogP contribution in [0.1, 0.15) is 18.3 Å². The average molecular weight is 222 g/mol. The summed E-state index contributed by atoms with van der Waals surface area (Å²) >= 11 is 0. The highest BCUT2D eigenvalue weighted by molar-refractivity contribution is 5.18. The molecule has 0 atom stereocenters. The number of benzene rings is 1. The van der Waals surface area contributed by atoms with Crippen LogP contribution >= 0.6 is 0 Å². The highest BCUT2D eigenvalue weighted by Gasteiger charge is 2.05. The summed E-state index contributed by atoms with van der Waals surface area (Å²) in [5, 5.41) is 0. The molecule has 0 radical (unpaired) electrons. The van der Waals surface area contributed by atoms with Crippen LogP contribution in [0.15, 0.2) is 30.6 Å². The van der Waals surface area contributed by atoms with Gasteiger partial charge < -0.3 is 4.57 Å². The minimum Gasteiger partial charge on any atom is -0.331 e. The van der Waals surface area contributed by atoms with E-state index in [9.17, 15) is 8.78 Å². The third-order valence-electron chi connectivity index (χ3n) is 2.45. The second kappa shape index (κ2) is 4.43. The molecular weight excluding hydrogens is 210 g/mol. The number of hydrogen-bond donors (Lipinski definition) is 0. The van der Waals surface area contributed by atoms with Crippen molar-refractivity contribution in [1.82, 2.24) is 9.55 Å². The Morgan fingerprint density at radius 1 is 1.25 bits per heavy atom. The van der Waals surface area contributed by atoms with Gasteiger partial charge in [0.15, 0.2) is 11.6 Å². The summed E-state index contributed by atoms with van der Waals surface area (Å²) in [4.78, 5) is 4.17. The fraction of sp³-hybridized carbons (Fsp3) is 0.250. The fourth-order valence-electron chi connectivity index (χ4n) is 1.63. The molecule has 0 spiro atoms. The first kappa shape index (κ1) is 10.8. The van der Waals surface area contributed by atoms with Crippen molar-refractivity contribution in [2.24, 2.45) is 0 Å². The number of nitrogens with zero attached hydrogens (tertiary/aromatic N) is 2. The van der Waals surface area contributed by atoms with Gasteiger partial charge in [-0.3, -0.25) is 0 Å². The first-order chi connectivity index (χ1) is 7.70. The molecule has 1 aromatic carbocycles. The minimum absolute atomic E-state index is 0.514. The lowest BCUT2D eigenvalue weighted by Gasteiger charge is -2.06. The van der Waals surface area contributed by atoms with Crippen molar-refractivity contribution in [2.75, 3.05) is 0 Å². The highest BCUT2D eigenvalue weighted by Crippen LogP contribution is 2.11. The van der Waals surface area contributed by atoms with Gasteiger partial charge in [-0.15, -0.1) is 0 Å². The summed E-state index contributed by atoms with van der Waals surface area (Å²) in [5.41, 5.74) is 0.728. The Hall–Kier alpha value is -1.71. The summed E-state index contributed by atoms with van der Waals surface area (Å²) in [7, 11) is 0. The van der Waals surface area contributed by atoms with Gasteiger partial charge in [-0.05, 0) is 17.7 Å². The van der Waals surface area contributed by atoms with E-state index in [1.54, 1.807) is 12.3 Å². The lowest BCUT2D eigenvalue weighted by Crippen LogP contribution is -2.04. The predicted octanol–water partition coefficient (Wildman–Crippen LogP) is 2.77. The molecule has 2 nitrogen and oxygen atoms in total. The standard InChI is InChI=1S/C12H12F2N2/c1-2-12-15-5-6-16(12)8-9-3-4-10(13)11(14)7-9/h3-7H,2,8H2,1H3. The predicted molar refractivity (Wildman–Crippen MR) is 57.1 cm³/mol. The summed E-state index contributed by atoms with van der Waals surface area (Å²) in [6.45, 7) is 2.52. The molecule has 1 heterocycles. The van der Waals surface area contributed by atoms with Gasteiger partial charge >= 0.3 is 0 Å². The molecule has 0 fully saturated rings. The molecule has 0 saturated heterocycles. The van der Waals surface area contributed by atoms with Crippen LogP contribution in [-0.4, -0.2) is 9.55 Å².